The number of fused-ring (bicyclic) bond motifs is 2. The molecule has 0 aromatic heterocycles. The maximum Gasteiger partial charge on any atom is 0.264 e. The number of likely N-dealkylation sites (N-methyl/N-ethyl adjacent to an activating group) is 1. The van der Waals surface area contributed by atoms with E-state index in [0.29, 0.717) is 24.5 Å². The Balaban J connectivity index is 1.78. The number of sulfonamides is 1. The van der Waals surface area contributed by atoms with Crippen molar-refractivity contribution in [3.05, 3.63) is 48.0 Å². The molecule has 7 heteroatoms. The van der Waals surface area contributed by atoms with Crippen LogP contribution >= 0.6 is 0 Å². The lowest BCUT2D eigenvalue weighted by molar-refractivity contribution is -0.115. The van der Waals surface area contributed by atoms with E-state index >= 15 is 0 Å². The number of rotatable bonds is 2. The Bertz CT molecular complexity index is 940. The van der Waals surface area contributed by atoms with Gasteiger partial charge in [0.2, 0.25) is 5.91 Å². The predicted molar refractivity (Wildman–Crippen MR) is 93.0 cm³/mol. The van der Waals surface area contributed by atoms with Crippen LogP contribution in [0.4, 0.5) is 17.1 Å². The molecule has 0 aliphatic carbocycles. The summed E-state index contributed by atoms with van der Waals surface area (Å²) in [6, 6.07) is 12.3. The van der Waals surface area contributed by atoms with E-state index < -0.39 is 10.0 Å². The molecule has 1 amide bonds. The third-order valence-electron chi connectivity index (χ3n) is 4.49. The number of nitrogens with one attached hydrogen (secondary N) is 1. The van der Waals surface area contributed by atoms with Crippen LogP contribution in [0.25, 0.3) is 0 Å². The Hall–Kier alpha value is -2.54. The second kappa shape index (κ2) is 5.24. The number of nitrogens with zero attached hydrogens (tertiary/aromatic N) is 2. The lowest BCUT2D eigenvalue weighted by Crippen LogP contribution is -2.42. The SMILES string of the molecule is CN1CCN(S(=O)(=O)c2ccc3c(c2)CC(=O)N3)c2ccccc21. The van der Waals surface area contributed by atoms with Gasteiger partial charge in [0.05, 0.1) is 29.2 Å². The number of hydrogen-bond acceptors (Lipinski definition) is 4. The van der Waals surface area contributed by atoms with Crippen LogP contribution in [0.3, 0.4) is 0 Å². The average Bonchev–Trinajstić information content (AvgIpc) is 2.94. The number of anilines is 3. The van der Waals surface area contributed by atoms with Crippen LogP contribution in [0.2, 0.25) is 0 Å². The minimum Gasteiger partial charge on any atom is -0.371 e. The molecule has 0 spiro atoms. The summed E-state index contributed by atoms with van der Waals surface area (Å²) < 4.78 is 27.7. The van der Waals surface area contributed by atoms with Crippen molar-refractivity contribution in [2.45, 2.75) is 11.3 Å². The van der Waals surface area contributed by atoms with Crippen molar-refractivity contribution >= 4 is 33.0 Å². The molecule has 2 aromatic rings. The van der Waals surface area contributed by atoms with Gasteiger partial charge in [0.15, 0.2) is 0 Å². The Kier molecular flexibility index (Phi) is 3.28. The molecule has 2 aliphatic rings. The maximum absolute atomic E-state index is 13.1. The fraction of sp³-hybridized carbons (Fsp3) is 0.235. The summed E-state index contributed by atoms with van der Waals surface area (Å²) in [6.07, 6.45) is 0.220. The van der Waals surface area contributed by atoms with E-state index in [4.69, 9.17) is 0 Å². The zero-order valence-electron chi connectivity index (χ0n) is 13.2. The van der Waals surface area contributed by atoms with E-state index in [0.717, 1.165) is 11.3 Å². The molecule has 0 atom stereocenters. The quantitative estimate of drug-likeness (QED) is 0.903. The Morgan fingerprint density at radius 1 is 1.04 bits per heavy atom. The minimum absolute atomic E-state index is 0.107. The van der Waals surface area contributed by atoms with Crippen LogP contribution in [0.1, 0.15) is 5.56 Å². The highest BCUT2D eigenvalue weighted by Gasteiger charge is 2.31. The minimum atomic E-state index is -3.67. The number of benzene rings is 2. The number of hydrogen-bond donors (Lipinski definition) is 1. The Labute approximate surface area is 140 Å². The highest BCUT2D eigenvalue weighted by molar-refractivity contribution is 7.92. The molecule has 4 rings (SSSR count). The summed E-state index contributed by atoms with van der Waals surface area (Å²) in [4.78, 5) is 13.8. The second-order valence-corrected chi connectivity index (χ2v) is 7.89. The van der Waals surface area contributed by atoms with Crippen LogP contribution in [0.15, 0.2) is 47.4 Å². The number of para-hydroxylation sites is 2. The Morgan fingerprint density at radius 3 is 2.58 bits per heavy atom. The average molecular weight is 343 g/mol. The summed E-state index contributed by atoms with van der Waals surface area (Å²) in [5, 5.41) is 2.72. The van der Waals surface area contributed by atoms with Crippen LogP contribution in [0, 0.1) is 0 Å². The van der Waals surface area contributed by atoms with Gasteiger partial charge >= 0.3 is 0 Å². The lowest BCUT2D eigenvalue weighted by Gasteiger charge is -2.36. The van der Waals surface area contributed by atoms with Crippen molar-refractivity contribution < 1.29 is 13.2 Å². The van der Waals surface area contributed by atoms with Crippen LogP contribution in [-0.2, 0) is 21.2 Å². The summed E-state index contributed by atoms with van der Waals surface area (Å²) in [6.45, 7) is 1.02. The van der Waals surface area contributed by atoms with Crippen LogP contribution in [-0.4, -0.2) is 34.5 Å². The van der Waals surface area contributed by atoms with Crippen molar-refractivity contribution in [3.8, 4) is 0 Å². The molecule has 6 nitrogen and oxygen atoms in total. The van der Waals surface area contributed by atoms with Crippen molar-refractivity contribution in [2.75, 3.05) is 34.7 Å². The monoisotopic (exact) mass is 343 g/mol. The van der Waals surface area contributed by atoms with Crippen molar-refractivity contribution in [2.24, 2.45) is 0 Å². The molecule has 1 N–H and O–H groups in total. The van der Waals surface area contributed by atoms with E-state index in [1.165, 1.54) is 4.31 Å². The molecule has 0 bridgehead atoms. The molecule has 2 heterocycles. The zero-order chi connectivity index (χ0) is 16.9. The number of amides is 1. The Morgan fingerprint density at radius 2 is 1.79 bits per heavy atom. The topological polar surface area (TPSA) is 69.7 Å². The van der Waals surface area contributed by atoms with Gasteiger partial charge in [-0.2, -0.15) is 0 Å². The van der Waals surface area contributed by atoms with Crippen molar-refractivity contribution in [1.29, 1.82) is 0 Å². The van der Waals surface area contributed by atoms with E-state index in [2.05, 4.69) is 5.32 Å². The van der Waals surface area contributed by atoms with E-state index in [-0.39, 0.29) is 17.2 Å². The van der Waals surface area contributed by atoms with Gasteiger partial charge in [-0.3, -0.25) is 9.10 Å². The summed E-state index contributed by atoms with van der Waals surface area (Å²) in [5.74, 6) is -0.107. The molecule has 124 valence electrons. The molecular formula is C17H17N3O3S. The van der Waals surface area contributed by atoms with Crippen LogP contribution < -0.4 is 14.5 Å². The first-order valence-corrected chi connectivity index (χ1v) is 9.16. The first kappa shape index (κ1) is 15.0. The molecule has 2 aliphatic heterocycles. The third-order valence-corrected chi connectivity index (χ3v) is 6.30. The van der Waals surface area contributed by atoms with Crippen molar-refractivity contribution in [1.82, 2.24) is 0 Å². The molecular weight excluding hydrogens is 326 g/mol. The van der Waals surface area contributed by atoms with Crippen molar-refractivity contribution in [3.63, 3.8) is 0 Å². The van der Waals surface area contributed by atoms with Gasteiger partial charge in [-0.25, -0.2) is 8.42 Å². The molecule has 24 heavy (non-hydrogen) atoms. The molecule has 0 saturated carbocycles. The molecule has 0 fully saturated rings. The van der Waals surface area contributed by atoms with Gasteiger partial charge in [0, 0.05) is 19.3 Å². The van der Waals surface area contributed by atoms with E-state index in [1.54, 1.807) is 18.2 Å². The highest BCUT2D eigenvalue weighted by atomic mass is 32.2. The first-order valence-electron chi connectivity index (χ1n) is 7.72. The summed E-state index contributed by atoms with van der Waals surface area (Å²) >= 11 is 0. The van der Waals surface area contributed by atoms with Gasteiger partial charge in [-0.05, 0) is 35.9 Å². The molecule has 0 unspecified atom stereocenters. The third kappa shape index (κ3) is 2.24. The van der Waals surface area contributed by atoms with Crippen LogP contribution in [0.5, 0.6) is 0 Å². The standard InChI is InChI=1S/C17H17N3O3S/c1-19-8-9-20(16-5-3-2-4-15(16)19)24(22,23)13-6-7-14-12(10-13)11-17(21)18-14/h2-7,10H,8-9,11H2,1H3,(H,18,21). The smallest absolute Gasteiger partial charge is 0.264 e. The predicted octanol–water partition coefficient (Wildman–Crippen LogP) is 1.83. The lowest BCUT2D eigenvalue weighted by atomic mass is 10.2. The van der Waals surface area contributed by atoms with Gasteiger partial charge in [-0.1, -0.05) is 12.1 Å². The zero-order valence-corrected chi connectivity index (χ0v) is 14.0. The largest absolute Gasteiger partial charge is 0.371 e. The summed E-state index contributed by atoms with van der Waals surface area (Å²) in [7, 11) is -1.72. The summed E-state index contributed by atoms with van der Waals surface area (Å²) in [5.41, 5.74) is 2.99. The molecule has 0 saturated heterocycles. The first-order chi connectivity index (χ1) is 11.5. The van der Waals surface area contributed by atoms with Gasteiger partial charge in [0.25, 0.3) is 10.0 Å². The fourth-order valence-electron chi connectivity index (χ4n) is 3.22. The van der Waals surface area contributed by atoms with Gasteiger partial charge in [-0.15, -0.1) is 0 Å². The normalized spacial score (nSPS) is 16.6. The van der Waals surface area contributed by atoms with Gasteiger partial charge < -0.3 is 10.2 Å². The van der Waals surface area contributed by atoms with Gasteiger partial charge in [0.1, 0.15) is 0 Å². The van der Waals surface area contributed by atoms with E-state index in [1.807, 2.05) is 36.2 Å². The maximum atomic E-state index is 13.1. The molecule has 2 aromatic carbocycles. The molecule has 0 radical (unpaired) electrons. The highest BCUT2D eigenvalue weighted by Crippen LogP contribution is 2.36. The second-order valence-electron chi connectivity index (χ2n) is 6.03. The number of carbonyl (C=O) groups is 1. The number of carbonyl (C=O) groups excluding carboxylic acids is 1. The van der Waals surface area contributed by atoms with E-state index in [9.17, 15) is 13.2 Å². The fourth-order valence-corrected chi connectivity index (χ4v) is 4.74.